The van der Waals surface area contributed by atoms with Crippen molar-refractivity contribution in [1.82, 2.24) is 5.32 Å². The van der Waals surface area contributed by atoms with Crippen LogP contribution in [0.4, 0.5) is 0 Å². The summed E-state index contributed by atoms with van der Waals surface area (Å²) in [6.45, 7) is 4.17. The van der Waals surface area contributed by atoms with Gasteiger partial charge < -0.3 is 10.1 Å². The average molecular weight is 197 g/mol. The fraction of sp³-hybridized carbons (Fsp3) is 1.00. The standard InChI is InChI=1S/C12H23NO/c1-2-4-11(3-1)9-13-7-8-14-10-12-5-6-12/h11-13H,1-10H2. The molecule has 0 unspecified atom stereocenters. The maximum atomic E-state index is 5.56. The zero-order chi connectivity index (χ0) is 9.64. The van der Waals surface area contributed by atoms with Crippen LogP contribution < -0.4 is 5.32 Å². The van der Waals surface area contributed by atoms with Gasteiger partial charge in [0, 0.05) is 13.2 Å². The van der Waals surface area contributed by atoms with Gasteiger partial charge in [-0.05, 0) is 44.1 Å². The van der Waals surface area contributed by atoms with Crippen molar-refractivity contribution in [2.24, 2.45) is 11.8 Å². The lowest BCUT2D eigenvalue weighted by atomic mass is 10.1. The molecule has 0 bridgehead atoms. The van der Waals surface area contributed by atoms with Crippen LogP contribution in [0.25, 0.3) is 0 Å². The predicted molar refractivity (Wildman–Crippen MR) is 58.4 cm³/mol. The molecule has 2 heteroatoms. The summed E-state index contributed by atoms with van der Waals surface area (Å²) in [7, 11) is 0. The van der Waals surface area contributed by atoms with Gasteiger partial charge in [0.25, 0.3) is 0 Å². The second-order valence-corrected chi connectivity index (χ2v) is 4.87. The minimum atomic E-state index is 0.906. The molecule has 0 atom stereocenters. The summed E-state index contributed by atoms with van der Waals surface area (Å²) >= 11 is 0. The Balaban J connectivity index is 1.35. The molecule has 0 aromatic heterocycles. The highest BCUT2D eigenvalue weighted by molar-refractivity contribution is 4.72. The average Bonchev–Trinajstić information content (AvgIpc) is 2.87. The van der Waals surface area contributed by atoms with Crippen molar-refractivity contribution in [1.29, 1.82) is 0 Å². The maximum absolute atomic E-state index is 5.56. The summed E-state index contributed by atoms with van der Waals surface area (Å²) in [6, 6.07) is 0. The van der Waals surface area contributed by atoms with Gasteiger partial charge in [0.2, 0.25) is 0 Å². The molecule has 0 heterocycles. The first-order chi connectivity index (χ1) is 6.95. The molecular weight excluding hydrogens is 174 g/mol. The molecule has 2 rings (SSSR count). The Morgan fingerprint density at radius 3 is 2.50 bits per heavy atom. The zero-order valence-corrected chi connectivity index (χ0v) is 9.13. The van der Waals surface area contributed by atoms with E-state index in [0.29, 0.717) is 0 Å². The molecule has 82 valence electrons. The molecule has 0 radical (unpaired) electrons. The van der Waals surface area contributed by atoms with E-state index in [0.717, 1.165) is 31.6 Å². The molecule has 2 aliphatic rings. The van der Waals surface area contributed by atoms with E-state index in [4.69, 9.17) is 4.74 Å². The summed E-state index contributed by atoms with van der Waals surface area (Å²) in [5, 5.41) is 3.50. The maximum Gasteiger partial charge on any atom is 0.0591 e. The molecule has 0 amide bonds. The first-order valence-electron chi connectivity index (χ1n) is 6.23. The van der Waals surface area contributed by atoms with Crippen molar-refractivity contribution >= 4 is 0 Å². The van der Waals surface area contributed by atoms with Crippen LogP contribution in [-0.2, 0) is 4.74 Å². The van der Waals surface area contributed by atoms with Gasteiger partial charge in [0.05, 0.1) is 6.61 Å². The molecule has 2 nitrogen and oxygen atoms in total. The summed E-state index contributed by atoms with van der Waals surface area (Å²) in [5.41, 5.74) is 0. The third-order valence-corrected chi connectivity index (χ3v) is 3.38. The lowest BCUT2D eigenvalue weighted by molar-refractivity contribution is 0.125. The lowest BCUT2D eigenvalue weighted by Crippen LogP contribution is -2.25. The Bertz CT molecular complexity index is 150. The number of rotatable bonds is 7. The van der Waals surface area contributed by atoms with E-state index < -0.39 is 0 Å². The van der Waals surface area contributed by atoms with Crippen molar-refractivity contribution < 1.29 is 4.74 Å². The first kappa shape index (κ1) is 10.4. The fourth-order valence-corrected chi connectivity index (χ4v) is 2.20. The Morgan fingerprint density at radius 2 is 1.79 bits per heavy atom. The lowest BCUT2D eigenvalue weighted by Gasteiger charge is -2.10. The zero-order valence-electron chi connectivity index (χ0n) is 9.13. The van der Waals surface area contributed by atoms with Crippen LogP contribution in [0.1, 0.15) is 38.5 Å². The van der Waals surface area contributed by atoms with Crippen molar-refractivity contribution in [3.05, 3.63) is 0 Å². The normalized spacial score (nSPS) is 23.1. The minimum Gasteiger partial charge on any atom is -0.380 e. The van der Waals surface area contributed by atoms with Crippen LogP contribution in [0, 0.1) is 11.8 Å². The van der Waals surface area contributed by atoms with Crippen molar-refractivity contribution in [3.63, 3.8) is 0 Å². The van der Waals surface area contributed by atoms with Crippen LogP contribution >= 0.6 is 0 Å². The van der Waals surface area contributed by atoms with Crippen LogP contribution in [-0.4, -0.2) is 26.3 Å². The van der Waals surface area contributed by atoms with Gasteiger partial charge in [-0.15, -0.1) is 0 Å². The van der Waals surface area contributed by atoms with E-state index in [2.05, 4.69) is 5.32 Å². The van der Waals surface area contributed by atoms with E-state index in [9.17, 15) is 0 Å². The third-order valence-electron chi connectivity index (χ3n) is 3.38. The highest BCUT2D eigenvalue weighted by Gasteiger charge is 2.20. The van der Waals surface area contributed by atoms with Gasteiger partial charge in [-0.25, -0.2) is 0 Å². The molecule has 0 spiro atoms. The minimum absolute atomic E-state index is 0.906. The van der Waals surface area contributed by atoms with Gasteiger partial charge in [-0.2, -0.15) is 0 Å². The van der Waals surface area contributed by atoms with E-state index in [1.165, 1.54) is 45.1 Å². The molecular formula is C12H23NO. The summed E-state index contributed by atoms with van der Waals surface area (Å²) < 4.78 is 5.56. The molecule has 2 fully saturated rings. The smallest absolute Gasteiger partial charge is 0.0591 e. The molecule has 0 aromatic rings. The van der Waals surface area contributed by atoms with Crippen LogP contribution in [0.2, 0.25) is 0 Å². The number of hydrogen-bond acceptors (Lipinski definition) is 2. The number of ether oxygens (including phenoxy) is 1. The Labute approximate surface area is 87.4 Å². The van der Waals surface area contributed by atoms with Gasteiger partial charge in [-0.3, -0.25) is 0 Å². The summed E-state index contributed by atoms with van der Waals surface area (Å²) in [6.07, 6.45) is 8.58. The third kappa shape index (κ3) is 3.97. The van der Waals surface area contributed by atoms with Crippen molar-refractivity contribution in [2.45, 2.75) is 38.5 Å². The number of nitrogens with one attached hydrogen (secondary N) is 1. The highest BCUT2D eigenvalue weighted by atomic mass is 16.5. The molecule has 1 N–H and O–H groups in total. The second kappa shape index (κ2) is 5.72. The quantitative estimate of drug-likeness (QED) is 0.632. The van der Waals surface area contributed by atoms with E-state index in [1.54, 1.807) is 0 Å². The summed E-state index contributed by atoms with van der Waals surface area (Å²) in [4.78, 5) is 0. The van der Waals surface area contributed by atoms with Crippen LogP contribution in [0.5, 0.6) is 0 Å². The Morgan fingerprint density at radius 1 is 1.00 bits per heavy atom. The second-order valence-electron chi connectivity index (χ2n) is 4.87. The molecule has 2 saturated carbocycles. The van der Waals surface area contributed by atoms with Gasteiger partial charge >= 0.3 is 0 Å². The summed E-state index contributed by atoms with van der Waals surface area (Å²) in [5.74, 6) is 1.86. The van der Waals surface area contributed by atoms with Crippen LogP contribution in [0.15, 0.2) is 0 Å². The SMILES string of the molecule is C1CCC(CNCCOCC2CC2)C1. The topological polar surface area (TPSA) is 21.3 Å². The molecule has 2 aliphatic carbocycles. The monoisotopic (exact) mass is 197 g/mol. The van der Waals surface area contributed by atoms with Crippen LogP contribution in [0.3, 0.4) is 0 Å². The molecule has 14 heavy (non-hydrogen) atoms. The highest BCUT2D eigenvalue weighted by Crippen LogP contribution is 2.28. The van der Waals surface area contributed by atoms with Gasteiger partial charge in [0.15, 0.2) is 0 Å². The van der Waals surface area contributed by atoms with Gasteiger partial charge in [0.1, 0.15) is 0 Å². The molecule has 0 aromatic carbocycles. The molecule has 0 saturated heterocycles. The van der Waals surface area contributed by atoms with Gasteiger partial charge in [-0.1, -0.05) is 12.8 Å². The Hall–Kier alpha value is -0.0800. The van der Waals surface area contributed by atoms with Crippen molar-refractivity contribution in [2.75, 3.05) is 26.3 Å². The van der Waals surface area contributed by atoms with Crippen molar-refractivity contribution in [3.8, 4) is 0 Å². The predicted octanol–water partition coefficient (Wildman–Crippen LogP) is 2.19. The first-order valence-corrected chi connectivity index (χ1v) is 6.23. The fourth-order valence-electron chi connectivity index (χ4n) is 2.20. The largest absolute Gasteiger partial charge is 0.380 e. The van der Waals surface area contributed by atoms with E-state index >= 15 is 0 Å². The van der Waals surface area contributed by atoms with E-state index in [-0.39, 0.29) is 0 Å². The number of hydrogen-bond donors (Lipinski definition) is 1. The van der Waals surface area contributed by atoms with E-state index in [1.807, 2.05) is 0 Å². The molecule has 0 aliphatic heterocycles. The Kier molecular flexibility index (Phi) is 4.26.